The molecule has 1 aromatic rings. The highest BCUT2D eigenvalue weighted by molar-refractivity contribution is 9.10. The Hall–Kier alpha value is -0.610. The standard InChI is InChI=1S/C10H13BrO3/c1-7(5-6-13-2)10(12)8-3-4-9(11)14-8/h3-4,7H,5-6H2,1-2H3. The van der Waals surface area contributed by atoms with Crippen LogP contribution in [0.3, 0.4) is 0 Å². The molecule has 1 aromatic heterocycles. The summed E-state index contributed by atoms with van der Waals surface area (Å²) in [6.45, 7) is 2.46. The van der Waals surface area contributed by atoms with Crippen LogP contribution in [0.5, 0.6) is 0 Å². The molecule has 0 aromatic carbocycles. The number of ether oxygens (including phenoxy) is 1. The second-order valence-corrected chi connectivity index (χ2v) is 3.93. The number of hydrogen-bond donors (Lipinski definition) is 0. The molecule has 1 rings (SSSR count). The highest BCUT2D eigenvalue weighted by Crippen LogP contribution is 2.18. The van der Waals surface area contributed by atoms with E-state index in [9.17, 15) is 4.79 Å². The first kappa shape index (κ1) is 11.5. The molecule has 0 aliphatic carbocycles. The molecule has 1 heterocycles. The number of rotatable bonds is 5. The lowest BCUT2D eigenvalue weighted by atomic mass is 10.0. The molecule has 0 aliphatic rings. The SMILES string of the molecule is COCCC(C)C(=O)c1ccc(Br)o1. The second-order valence-electron chi connectivity index (χ2n) is 3.15. The lowest BCUT2D eigenvalue weighted by Crippen LogP contribution is -2.12. The van der Waals surface area contributed by atoms with Crippen LogP contribution >= 0.6 is 15.9 Å². The largest absolute Gasteiger partial charge is 0.446 e. The van der Waals surface area contributed by atoms with E-state index in [0.717, 1.165) is 0 Å². The molecule has 4 heteroatoms. The van der Waals surface area contributed by atoms with Crippen molar-refractivity contribution in [2.45, 2.75) is 13.3 Å². The maximum absolute atomic E-state index is 11.7. The molecule has 0 saturated carbocycles. The smallest absolute Gasteiger partial charge is 0.200 e. The minimum Gasteiger partial charge on any atom is -0.446 e. The number of ketones is 1. The van der Waals surface area contributed by atoms with E-state index < -0.39 is 0 Å². The number of methoxy groups -OCH3 is 1. The predicted octanol–water partition coefficient (Wildman–Crippen LogP) is 2.90. The van der Waals surface area contributed by atoms with E-state index in [1.165, 1.54) is 0 Å². The number of Topliss-reactive ketones (excluding diaryl/α,β-unsaturated/α-hetero) is 1. The first-order valence-corrected chi connectivity index (χ1v) is 5.23. The zero-order valence-electron chi connectivity index (χ0n) is 8.25. The Balaban J connectivity index is 2.56. The van der Waals surface area contributed by atoms with Crippen molar-refractivity contribution in [1.82, 2.24) is 0 Å². The molecule has 1 unspecified atom stereocenters. The van der Waals surface area contributed by atoms with Crippen LogP contribution in [0.4, 0.5) is 0 Å². The van der Waals surface area contributed by atoms with Gasteiger partial charge in [-0.3, -0.25) is 4.79 Å². The van der Waals surface area contributed by atoms with Gasteiger partial charge in [-0.1, -0.05) is 6.92 Å². The molecular formula is C10H13BrO3. The Labute approximate surface area is 91.6 Å². The van der Waals surface area contributed by atoms with E-state index in [-0.39, 0.29) is 11.7 Å². The van der Waals surface area contributed by atoms with Crippen LogP contribution in [0.25, 0.3) is 0 Å². The Morgan fingerprint density at radius 2 is 2.36 bits per heavy atom. The van der Waals surface area contributed by atoms with E-state index in [1.807, 2.05) is 6.92 Å². The molecule has 0 amide bonds. The molecule has 1 atom stereocenters. The average Bonchev–Trinajstić information content (AvgIpc) is 2.60. The summed E-state index contributed by atoms with van der Waals surface area (Å²) in [5, 5.41) is 0. The van der Waals surface area contributed by atoms with E-state index in [2.05, 4.69) is 15.9 Å². The van der Waals surface area contributed by atoms with Gasteiger partial charge in [0.25, 0.3) is 0 Å². The summed E-state index contributed by atoms with van der Waals surface area (Å²) in [5.41, 5.74) is 0. The average molecular weight is 261 g/mol. The second kappa shape index (κ2) is 5.32. The van der Waals surface area contributed by atoms with Gasteiger partial charge in [-0.15, -0.1) is 0 Å². The van der Waals surface area contributed by atoms with Crippen molar-refractivity contribution < 1.29 is 13.9 Å². The molecule has 0 bridgehead atoms. The fourth-order valence-corrected chi connectivity index (χ4v) is 1.42. The number of carbonyl (C=O) groups excluding carboxylic acids is 1. The molecule has 0 spiro atoms. The van der Waals surface area contributed by atoms with Crippen LogP contribution in [-0.2, 0) is 4.74 Å². The summed E-state index contributed by atoms with van der Waals surface area (Å²) in [7, 11) is 1.63. The van der Waals surface area contributed by atoms with Crippen molar-refractivity contribution in [3.8, 4) is 0 Å². The van der Waals surface area contributed by atoms with Crippen LogP contribution in [0, 0.1) is 5.92 Å². The Bertz CT molecular complexity index is 306. The minimum atomic E-state index is -0.0620. The quantitative estimate of drug-likeness (QED) is 0.765. The van der Waals surface area contributed by atoms with Gasteiger partial charge in [-0.25, -0.2) is 0 Å². The van der Waals surface area contributed by atoms with Gasteiger partial charge < -0.3 is 9.15 Å². The van der Waals surface area contributed by atoms with Crippen LogP contribution < -0.4 is 0 Å². The highest BCUT2D eigenvalue weighted by atomic mass is 79.9. The van der Waals surface area contributed by atoms with Gasteiger partial charge >= 0.3 is 0 Å². The number of halogens is 1. The summed E-state index contributed by atoms with van der Waals surface area (Å²) in [6.07, 6.45) is 0.716. The monoisotopic (exact) mass is 260 g/mol. The van der Waals surface area contributed by atoms with Crippen molar-refractivity contribution in [1.29, 1.82) is 0 Å². The predicted molar refractivity (Wildman–Crippen MR) is 56.4 cm³/mol. The van der Waals surface area contributed by atoms with E-state index in [4.69, 9.17) is 9.15 Å². The van der Waals surface area contributed by atoms with Crippen LogP contribution in [-0.4, -0.2) is 19.5 Å². The van der Waals surface area contributed by atoms with Gasteiger partial charge in [0.1, 0.15) is 0 Å². The molecule has 0 aliphatic heterocycles. The van der Waals surface area contributed by atoms with E-state index in [1.54, 1.807) is 19.2 Å². The van der Waals surface area contributed by atoms with Crippen LogP contribution in [0.2, 0.25) is 0 Å². The Morgan fingerprint density at radius 1 is 1.64 bits per heavy atom. The summed E-state index contributed by atoms with van der Waals surface area (Å²) < 4.78 is 10.7. The first-order chi connectivity index (χ1) is 6.65. The zero-order valence-corrected chi connectivity index (χ0v) is 9.83. The summed E-state index contributed by atoms with van der Waals surface area (Å²) in [4.78, 5) is 11.7. The Kier molecular flexibility index (Phi) is 4.35. The van der Waals surface area contributed by atoms with Gasteiger partial charge in [0, 0.05) is 19.6 Å². The van der Waals surface area contributed by atoms with Crippen molar-refractivity contribution in [3.63, 3.8) is 0 Å². The van der Waals surface area contributed by atoms with Crippen LogP contribution in [0.1, 0.15) is 23.9 Å². The minimum absolute atomic E-state index is 0.0211. The maximum Gasteiger partial charge on any atom is 0.200 e. The van der Waals surface area contributed by atoms with Gasteiger partial charge in [0.15, 0.2) is 10.4 Å². The van der Waals surface area contributed by atoms with Gasteiger partial charge in [-0.2, -0.15) is 0 Å². The summed E-state index contributed by atoms with van der Waals surface area (Å²) in [6, 6.07) is 3.39. The number of carbonyl (C=O) groups is 1. The molecule has 3 nitrogen and oxygen atoms in total. The number of furan rings is 1. The van der Waals surface area contributed by atoms with Crippen molar-refractivity contribution in [3.05, 3.63) is 22.6 Å². The molecule has 0 saturated heterocycles. The topological polar surface area (TPSA) is 39.4 Å². The van der Waals surface area contributed by atoms with Crippen molar-refractivity contribution in [2.24, 2.45) is 5.92 Å². The third-order valence-electron chi connectivity index (χ3n) is 2.02. The fourth-order valence-electron chi connectivity index (χ4n) is 1.12. The first-order valence-electron chi connectivity index (χ1n) is 4.43. The zero-order chi connectivity index (χ0) is 10.6. The van der Waals surface area contributed by atoms with Crippen molar-refractivity contribution in [2.75, 3.05) is 13.7 Å². The Morgan fingerprint density at radius 3 is 2.86 bits per heavy atom. The maximum atomic E-state index is 11.7. The normalized spacial score (nSPS) is 12.8. The fraction of sp³-hybridized carbons (Fsp3) is 0.500. The van der Waals surface area contributed by atoms with Gasteiger partial charge in [0.2, 0.25) is 5.78 Å². The van der Waals surface area contributed by atoms with Gasteiger partial charge in [0.05, 0.1) is 0 Å². The molecular weight excluding hydrogens is 248 g/mol. The lowest BCUT2D eigenvalue weighted by molar-refractivity contribution is 0.0864. The third-order valence-corrected chi connectivity index (χ3v) is 2.44. The van der Waals surface area contributed by atoms with Gasteiger partial charge in [-0.05, 0) is 34.5 Å². The van der Waals surface area contributed by atoms with Crippen LogP contribution in [0.15, 0.2) is 21.2 Å². The van der Waals surface area contributed by atoms with E-state index >= 15 is 0 Å². The van der Waals surface area contributed by atoms with Crippen molar-refractivity contribution >= 4 is 21.7 Å². The molecule has 78 valence electrons. The third kappa shape index (κ3) is 2.96. The molecule has 14 heavy (non-hydrogen) atoms. The molecule has 0 radical (unpaired) electrons. The molecule has 0 fully saturated rings. The number of hydrogen-bond acceptors (Lipinski definition) is 3. The summed E-state index contributed by atoms with van der Waals surface area (Å²) >= 11 is 3.16. The summed E-state index contributed by atoms with van der Waals surface area (Å²) in [5.74, 6) is 0.362. The van der Waals surface area contributed by atoms with E-state index in [0.29, 0.717) is 23.5 Å². The molecule has 0 N–H and O–H groups in total. The lowest BCUT2D eigenvalue weighted by Gasteiger charge is -2.06. The highest BCUT2D eigenvalue weighted by Gasteiger charge is 2.17.